The molecule has 2 aromatic rings. The van der Waals surface area contributed by atoms with Gasteiger partial charge in [-0.3, -0.25) is 0 Å². The van der Waals surface area contributed by atoms with Gasteiger partial charge in [0.25, 0.3) is 0 Å². The fourth-order valence-corrected chi connectivity index (χ4v) is 1.20. The highest BCUT2D eigenvalue weighted by Crippen LogP contribution is 2.11. The predicted molar refractivity (Wildman–Crippen MR) is 47.5 cm³/mol. The van der Waals surface area contributed by atoms with E-state index < -0.39 is 6.09 Å². The van der Waals surface area contributed by atoms with Gasteiger partial charge in [0.2, 0.25) is 0 Å². The van der Waals surface area contributed by atoms with E-state index in [1.807, 2.05) is 24.3 Å². The van der Waals surface area contributed by atoms with E-state index in [4.69, 9.17) is 0 Å². The average molecular weight is 176 g/mol. The van der Waals surface area contributed by atoms with Crippen LogP contribution in [-0.4, -0.2) is 22.8 Å². The zero-order valence-corrected chi connectivity index (χ0v) is 7.10. The number of hydrogen-bond donors (Lipinski definition) is 0. The summed E-state index contributed by atoms with van der Waals surface area (Å²) in [4.78, 5) is 15.2. The Labute approximate surface area is 74.8 Å². The standard InChI is InChI=1S/C9H8N2O2/c1-13-9(12)11-6-10-7-4-2-3-5-8(7)11/h2-6H,1H3. The Kier molecular flexibility index (Phi) is 1.73. The number of ether oxygens (including phenoxy) is 1. The first kappa shape index (κ1) is 7.79. The van der Waals surface area contributed by atoms with Gasteiger partial charge in [0, 0.05) is 0 Å². The van der Waals surface area contributed by atoms with Crippen LogP contribution in [0.4, 0.5) is 4.79 Å². The number of carbonyl (C=O) groups is 1. The zero-order chi connectivity index (χ0) is 9.26. The van der Waals surface area contributed by atoms with Crippen molar-refractivity contribution in [3.05, 3.63) is 30.6 Å². The number of methoxy groups -OCH3 is 1. The van der Waals surface area contributed by atoms with Crippen molar-refractivity contribution in [3.63, 3.8) is 0 Å². The number of carbonyl (C=O) groups excluding carboxylic acids is 1. The summed E-state index contributed by atoms with van der Waals surface area (Å²) in [6, 6.07) is 7.38. The lowest BCUT2D eigenvalue weighted by Crippen LogP contribution is -2.09. The lowest BCUT2D eigenvalue weighted by Gasteiger charge is -1.98. The number of nitrogens with zero attached hydrogens (tertiary/aromatic N) is 2. The van der Waals surface area contributed by atoms with Crippen molar-refractivity contribution in [3.8, 4) is 0 Å². The normalized spacial score (nSPS) is 10.2. The monoisotopic (exact) mass is 176 g/mol. The molecule has 4 heteroatoms. The van der Waals surface area contributed by atoms with Crippen LogP contribution in [0.2, 0.25) is 0 Å². The summed E-state index contributed by atoms with van der Waals surface area (Å²) in [7, 11) is 1.34. The highest BCUT2D eigenvalue weighted by Gasteiger charge is 2.07. The summed E-state index contributed by atoms with van der Waals surface area (Å²) >= 11 is 0. The summed E-state index contributed by atoms with van der Waals surface area (Å²) in [5.41, 5.74) is 1.54. The Morgan fingerprint density at radius 1 is 1.46 bits per heavy atom. The molecule has 1 aromatic heterocycles. The molecule has 0 unspecified atom stereocenters. The maximum absolute atomic E-state index is 11.2. The van der Waals surface area contributed by atoms with Gasteiger partial charge >= 0.3 is 6.09 Å². The molecular weight excluding hydrogens is 168 g/mol. The number of hydrogen-bond acceptors (Lipinski definition) is 3. The van der Waals surface area contributed by atoms with Crippen molar-refractivity contribution >= 4 is 17.1 Å². The van der Waals surface area contributed by atoms with Crippen molar-refractivity contribution < 1.29 is 9.53 Å². The maximum atomic E-state index is 11.2. The van der Waals surface area contributed by atoms with E-state index in [1.54, 1.807) is 0 Å². The first-order valence-corrected chi connectivity index (χ1v) is 3.83. The van der Waals surface area contributed by atoms with Crippen molar-refractivity contribution in [2.75, 3.05) is 7.11 Å². The van der Waals surface area contributed by atoms with Crippen LogP contribution < -0.4 is 0 Å². The van der Waals surface area contributed by atoms with Crippen LogP contribution >= 0.6 is 0 Å². The molecule has 1 aromatic carbocycles. The van der Waals surface area contributed by atoms with E-state index in [2.05, 4.69) is 9.72 Å². The summed E-state index contributed by atoms with van der Waals surface area (Å²) in [5.74, 6) is 0. The molecule has 0 radical (unpaired) electrons. The Morgan fingerprint density at radius 3 is 3.00 bits per heavy atom. The van der Waals surface area contributed by atoms with Crippen LogP contribution in [0.5, 0.6) is 0 Å². The second kappa shape index (κ2) is 2.90. The molecule has 0 aliphatic rings. The van der Waals surface area contributed by atoms with Gasteiger partial charge in [-0.25, -0.2) is 14.3 Å². The number of benzene rings is 1. The van der Waals surface area contributed by atoms with E-state index >= 15 is 0 Å². The van der Waals surface area contributed by atoms with Crippen molar-refractivity contribution in [1.82, 2.24) is 9.55 Å². The van der Waals surface area contributed by atoms with Crippen molar-refractivity contribution in [2.45, 2.75) is 0 Å². The summed E-state index contributed by atoms with van der Waals surface area (Å²) in [5, 5.41) is 0. The SMILES string of the molecule is COC(=O)n1cnc2ccccc21. The summed E-state index contributed by atoms with van der Waals surface area (Å²) in [6.07, 6.45) is 1.03. The molecule has 0 amide bonds. The Bertz CT molecular complexity index is 448. The van der Waals surface area contributed by atoms with Gasteiger partial charge in [0.05, 0.1) is 18.1 Å². The van der Waals surface area contributed by atoms with Gasteiger partial charge in [0.1, 0.15) is 6.33 Å². The highest BCUT2D eigenvalue weighted by atomic mass is 16.5. The van der Waals surface area contributed by atoms with Crippen LogP contribution in [0, 0.1) is 0 Å². The van der Waals surface area contributed by atoms with E-state index in [0.717, 1.165) is 11.0 Å². The molecule has 0 bridgehead atoms. The molecule has 66 valence electrons. The molecule has 0 N–H and O–H groups in total. The minimum Gasteiger partial charge on any atom is -0.452 e. The molecule has 0 saturated carbocycles. The van der Waals surface area contributed by atoms with Crippen LogP contribution in [0.25, 0.3) is 11.0 Å². The lowest BCUT2D eigenvalue weighted by atomic mass is 10.3. The van der Waals surface area contributed by atoms with E-state index in [0.29, 0.717) is 0 Å². The third-order valence-electron chi connectivity index (χ3n) is 1.82. The minimum atomic E-state index is -0.422. The molecule has 2 rings (SSSR count). The fourth-order valence-electron chi connectivity index (χ4n) is 1.20. The smallest absolute Gasteiger partial charge is 0.419 e. The molecule has 1 heterocycles. The van der Waals surface area contributed by atoms with Gasteiger partial charge in [-0.05, 0) is 12.1 Å². The molecular formula is C9H8N2O2. The first-order valence-electron chi connectivity index (χ1n) is 3.83. The first-order chi connectivity index (χ1) is 6.33. The van der Waals surface area contributed by atoms with Crippen LogP contribution in [-0.2, 0) is 4.74 Å². The van der Waals surface area contributed by atoms with Crippen molar-refractivity contribution in [1.29, 1.82) is 0 Å². The average Bonchev–Trinajstić information content (AvgIpc) is 2.60. The van der Waals surface area contributed by atoms with Crippen LogP contribution in [0.1, 0.15) is 0 Å². The van der Waals surface area contributed by atoms with E-state index in [-0.39, 0.29) is 0 Å². The molecule has 4 nitrogen and oxygen atoms in total. The Morgan fingerprint density at radius 2 is 2.23 bits per heavy atom. The number of aromatic nitrogens is 2. The molecule has 0 atom stereocenters. The summed E-state index contributed by atoms with van der Waals surface area (Å²) < 4.78 is 5.96. The van der Waals surface area contributed by atoms with Gasteiger partial charge in [-0.2, -0.15) is 0 Å². The van der Waals surface area contributed by atoms with Gasteiger partial charge in [-0.15, -0.1) is 0 Å². The molecule has 0 fully saturated rings. The number of para-hydroxylation sites is 2. The number of imidazole rings is 1. The third kappa shape index (κ3) is 1.16. The number of rotatable bonds is 0. The molecule has 0 aliphatic heterocycles. The van der Waals surface area contributed by atoms with Crippen molar-refractivity contribution in [2.24, 2.45) is 0 Å². The molecule has 0 aliphatic carbocycles. The molecule has 0 spiro atoms. The van der Waals surface area contributed by atoms with Crippen LogP contribution in [0.15, 0.2) is 30.6 Å². The number of fused-ring (bicyclic) bond motifs is 1. The molecule has 13 heavy (non-hydrogen) atoms. The second-order valence-corrected chi connectivity index (χ2v) is 2.57. The quantitative estimate of drug-likeness (QED) is 0.613. The summed E-state index contributed by atoms with van der Waals surface area (Å²) in [6.45, 7) is 0. The highest BCUT2D eigenvalue weighted by molar-refractivity contribution is 5.86. The lowest BCUT2D eigenvalue weighted by molar-refractivity contribution is 0.174. The Balaban J connectivity index is 2.64. The Hall–Kier alpha value is -1.84. The second-order valence-electron chi connectivity index (χ2n) is 2.57. The largest absolute Gasteiger partial charge is 0.452 e. The topological polar surface area (TPSA) is 44.1 Å². The van der Waals surface area contributed by atoms with Gasteiger partial charge < -0.3 is 4.74 Å². The zero-order valence-electron chi connectivity index (χ0n) is 7.10. The predicted octanol–water partition coefficient (Wildman–Crippen LogP) is 1.65. The van der Waals surface area contributed by atoms with E-state index in [1.165, 1.54) is 18.0 Å². The third-order valence-corrected chi connectivity index (χ3v) is 1.82. The minimum absolute atomic E-state index is 0.422. The van der Waals surface area contributed by atoms with Gasteiger partial charge in [0.15, 0.2) is 0 Å². The fraction of sp³-hybridized carbons (Fsp3) is 0.111. The molecule has 0 saturated heterocycles. The van der Waals surface area contributed by atoms with Gasteiger partial charge in [-0.1, -0.05) is 12.1 Å². The maximum Gasteiger partial charge on any atom is 0.419 e. The van der Waals surface area contributed by atoms with Crippen LogP contribution in [0.3, 0.4) is 0 Å². The van der Waals surface area contributed by atoms with E-state index in [9.17, 15) is 4.79 Å².